The maximum absolute atomic E-state index is 12.7. The van der Waals surface area contributed by atoms with Crippen molar-refractivity contribution in [1.82, 2.24) is 10.2 Å². The normalized spacial score (nSPS) is 27.0. The largest absolute Gasteiger partial charge is 0.338 e. The molecular formula is C17H23ClN2O. The van der Waals surface area contributed by atoms with E-state index in [0.29, 0.717) is 11.8 Å². The van der Waals surface area contributed by atoms with E-state index in [2.05, 4.69) is 22.3 Å². The highest BCUT2D eigenvalue weighted by Gasteiger charge is 2.38. The smallest absolute Gasteiger partial charge is 0.253 e. The highest BCUT2D eigenvalue weighted by molar-refractivity contribution is 5.94. The highest BCUT2D eigenvalue weighted by atomic mass is 35.5. The first-order chi connectivity index (χ1) is 9.81. The Balaban J connectivity index is 0.00000132. The number of benzene rings is 1. The number of fused-ring (bicyclic) bond motifs is 2. The summed E-state index contributed by atoms with van der Waals surface area (Å²) in [5.74, 6) is 1.60. The van der Waals surface area contributed by atoms with Crippen LogP contribution in [0.1, 0.15) is 34.3 Å². The van der Waals surface area contributed by atoms with E-state index in [0.717, 1.165) is 38.2 Å². The number of nitrogens with zero attached hydrogens (tertiary/aromatic N) is 1. The molecule has 0 unspecified atom stereocenters. The lowest BCUT2D eigenvalue weighted by molar-refractivity contribution is 0.0781. The molecule has 1 aromatic carbocycles. The van der Waals surface area contributed by atoms with Crippen molar-refractivity contribution >= 4 is 18.3 Å². The summed E-state index contributed by atoms with van der Waals surface area (Å²) in [6.45, 7) is 4.04. The first-order valence-electron chi connectivity index (χ1n) is 7.93. The molecule has 4 rings (SSSR count). The fourth-order valence-corrected chi connectivity index (χ4v) is 4.07. The summed E-state index contributed by atoms with van der Waals surface area (Å²) < 4.78 is 0. The molecular weight excluding hydrogens is 284 g/mol. The maximum Gasteiger partial charge on any atom is 0.253 e. The molecule has 0 bridgehead atoms. The van der Waals surface area contributed by atoms with E-state index < -0.39 is 0 Å². The average molecular weight is 307 g/mol. The van der Waals surface area contributed by atoms with E-state index in [9.17, 15) is 4.79 Å². The molecule has 2 heterocycles. The number of carbonyl (C=O) groups is 1. The third kappa shape index (κ3) is 2.69. The number of halogens is 1. The van der Waals surface area contributed by atoms with Crippen molar-refractivity contribution in [3.05, 3.63) is 34.9 Å². The lowest BCUT2D eigenvalue weighted by Gasteiger charge is -2.20. The first kappa shape index (κ1) is 14.9. The van der Waals surface area contributed by atoms with Crippen molar-refractivity contribution < 1.29 is 4.79 Å². The third-order valence-electron chi connectivity index (χ3n) is 5.27. The van der Waals surface area contributed by atoms with Crippen LogP contribution in [-0.2, 0) is 12.8 Å². The zero-order chi connectivity index (χ0) is 13.5. The number of likely N-dealkylation sites (tertiary alicyclic amines) is 1. The van der Waals surface area contributed by atoms with Gasteiger partial charge in [-0.1, -0.05) is 6.07 Å². The van der Waals surface area contributed by atoms with Crippen LogP contribution in [0, 0.1) is 11.8 Å². The molecule has 1 aliphatic carbocycles. The summed E-state index contributed by atoms with van der Waals surface area (Å²) in [6, 6.07) is 6.38. The maximum atomic E-state index is 12.7. The van der Waals surface area contributed by atoms with Crippen molar-refractivity contribution in [2.24, 2.45) is 11.8 Å². The topological polar surface area (TPSA) is 32.3 Å². The molecule has 1 N–H and O–H groups in total. The van der Waals surface area contributed by atoms with Gasteiger partial charge < -0.3 is 10.2 Å². The van der Waals surface area contributed by atoms with E-state index >= 15 is 0 Å². The molecule has 2 atom stereocenters. The van der Waals surface area contributed by atoms with Crippen LogP contribution in [-0.4, -0.2) is 37.0 Å². The third-order valence-corrected chi connectivity index (χ3v) is 5.27. The molecule has 0 saturated carbocycles. The van der Waals surface area contributed by atoms with E-state index in [4.69, 9.17) is 0 Å². The lowest BCUT2D eigenvalue weighted by atomic mass is 9.90. The summed E-state index contributed by atoms with van der Waals surface area (Å²) in [5.41, 5.74) is 3.76. The molecule has 4 heteroatoms. The standard InChI is InChI=1S/C17H22N2O.ClH/c20-17(19-10-15-8-18-9-16(15)11-19)14-6-5-12-3-1-2-4-13(12)7-14;/h5-7,15-16,18H,1-4,8-11H2;1H/t15-,16+;. The SMILES string of the molecule is Cl.O=C(c1ccc2c(c1)CCCC2)N1C[C@H]2CNC[C@H]2C1. The summed E-state index contributed by atoms with van der Waals surface area (Å²) in [7, 11) is 0. The van der Waals surface area contributed by atoms with Crippen molar-refractivity contribution in [3.63, 3.8) is 0 Å². The molecule has 1 amide bonds. The van der Waals surface area contributed by atoms with Crippen molar-refractivity contribution in [1.29, 1.82) is 0 Å². The number of amides is 1. The molecule has 2 fully saturated rings. The number of hydrogen-bond donors (Lipinski definition) is 1. The van der Waals surface area contributed by atoms with Crippen molar-refractivity contribution in [3.8, 4) is 0 Å². The van der Waals surface area contributed by atoms with Crippen LogP contribution in [0.25, 0.3) is 0 Å². The van der Waals surface area contributed by atoms with Crippen LogP contribution < -0.4 is 5.32 Å². The first-order valence-corrected chi connectivity index (χ1v) is 7.93. The fraction of sp³-hybridized carbons (Fsp3) is 0.588. The number of nitrogens with one attached hydrogen (secondary N) is 1. The molecule has 3 nitrogen and oxygen atoms in total. The second-order valence-corrected chi connectivity index (χ2v) is 6.58. The van der Waals surface area contributed by atoms with Crippen LogP contribution >= 0.6 is 12.4 Å². The minimum atomic E-state index is 0. The molecule has 2 saturated heterocycles. The fourth-order valence-electron chi connectivity index (χ4n) is 4.07. The monoisotopic (exact) mass is 306 g/mol. The van der Waals surface area contributed by atoms with Crippen LogP contribution in [0.2, 0.25) is 0 Å². The van der Waals surface area contributed by atoms with Gasteiger partial charge >= 0.3 is 0 Å². The van der Waals surface area contributed by atoms with Crippen LogP contribution in [0.3, 0.4) is 0 Å². The van der Waals surface area contributed by atoms with E-state index in [1.165, 1.54) is 30.4 Å². The molecule has 114 valence electrons. The zero-order valence-corrected chi connectivity index (χ0v) is 13.1. The van der Waals surface area contributed by atoms with Gasteiger partial charge in [0.2, 0.25) is 0 Å². The van der Waals surface area contributed by atoms with Gasteiger partial charge in [0.05, 0.1) is 0 Å². The quantitative estimate of drug-likeness (QED) is 0.863. The Morgan fingerprint density at radius 1 is 1.05 bits per heavy atom. The van der Waals surface area contributed by atoms with E-state index in [-0.39, 0.29) is 18.3 Å². The average Bonchev–Trinajstić information content (AvgIpc) is 3.07. The van der Waals surface area contributed by atoms with Gasteiger partial charge in [0.25, 0.3) is 5.91 Å². The molecule has 21 heavy (non-hydrogen) atoms. The second-order valence-electron chi connectivity index (χ2n) is 6.58. The lowest BCUT2D eigenvalue weighted by Crippen LogP contribution is -2.32. The number of carbonyl (C=O) groups excluding carboxylic acids is 1. The van der Waals surface area contributed by atoms with Crippen molar-refractivity contribution in [2.75, 3.05) is 26.2 Å². The number of aryl methyl sites for hydroxylation is 2. The predicted molar refractivity (Wildman–Crippen MR) is 86.1 cm³/mol. The minimum absolute atomic E-state index is 0. The van der Waals surface area contributed by atoms with Gasteiger partial charge in [-0.15, -0.1) is 12.4 Å². The van der Waals surface area contributed by atoms with Crippen LogP contribution in [0.4, 0.5) is 0 Å². The molecule has 2 aliphatic heterocycles. The number of rotatable bonds is 1. The van der Waals surface area contributed by atoms with Gasteiger partial charge in [-0.25, -0.2) is 0 Å². The zero-order valence-electron chi connectivity index (χ0n) is 12.3. The van der Waals surface area contributed by atoms with Gasteiger partial charge in [0, 0.05) is 31.7 Å². The minimum Gasteiger partial charge on any atom is -0.338 e. The molecule has 1 aromatic rings. The Hall–Kier alpha value is -1.06. The number of hydrogen-bond acceptors (Lipinski definition) is 2. The second kappa shape index (κ2) is 5.98. The summed E-state index contributed by atoms with van der Waals surface area (Å²) >= 11 is 0. The molecule has 0 radical (unpaired) electrons. The Morgan fingerprint density at radius 3 is 2.43 bits per heavy atom. The molecule has 3 aliphatic rings. The summed E-state index contributed by atoms with van der Waals surface area (Å²) in [5, 5.41) is 3.43. The Labute approximate surface area is 132 Å². The van der Waals surface area contributed by atoms with Gasteiger partial charge in [-0.2, -0.15) is 0 Å². The Morgan fingerprint density at radius 2 is 1.71 bits per heavy atom. The summed E-state index contributed by atoms with van der Waals surface area (Å²) in [4.78, 5) is 14.7. The van der Waals surface area contributed by atoms with Crippen LogP contribution in [0.15, 0.2) is 18.2 Å². The van der Waals surface area contributed by atoms with Crippen molar-refractivity contribution in [2.45, 2.75) is 25.7 Å². The molecule has 0 spiro atoms. The Bertz CT molecular complexity index is 534. The van der Waals surface area contributed by atoms with E-state index in [1.807, 2.05) is 6.07 Å². The van der Waals surface area contributed by atoms with Gasteiger partial charge in [0.1, 0.15) is 0 Å². The molecule has 0 aromatic heterocycles. The van der Waals surface area contributed by atoms with Gasteiger partial charge in [-0.3, -0.25) is 4.79 Å². The summed E-state index contributed by atoms with van der Waals surface area (Å²) in [6.07, 6.45) is 4.89. The van der Waals surface area contributed by atoms with Gasteiger partial charge in [-0.05, 0) is 60.8 Å². The predicted octanol–water partition coefficient (Wildman–Crippen LogP) is 2.28. The van der Waals surface area contributed by atoms with Crippen LogP contribution in [0.5, 0.6) is 0 Å². The highest BCUT2D eigenvalue weighted by Crippen LogP contribution is 2.28. The van der Waals surface area contributed by atoms with E-state index in [1.54, 1.807) is 0 Å². The Kier molecular flexibility index (Phi) is 4.23. The van der Waals surface area contributed by atoms with Gasteiger partial charge in [0.15, 0.2) is 0 Å².